The van der Waals surface area contributed by atoms with Crippen LogP contribution in [0.3, 0.4) is 0 Å². The van der Waals surface area contributed by atoms with E-state index in [9.17, 15) is 4.79 Å². The van der Waals surface area contributed by atoms with Crippen molar-refractivity contribution in [3.8, 4) is 0 Å². The lowest BCUT2D eigenvalue weighted by Gasteiger charge is -2.22. The number of amides is 1. The van der Waals surface area contributed by atoms with E-state index in [1.807, 2.05) is 31.2 Å². The van der Waals surface area contributed by atoms with Crippen molar-refractivity contribution in [2.45, 2.75) is 32.1 Å². The van der Waals surface area contributed by atoms with Crippen LogP contribution in [0.4, 0.5) is 5.69 Å². The van der Waals surface area contributed by atoms with Gasteiger partial charge in [0.25, 0.3) is 5.91 Å². The van der Waals surface area contributed by atoms with E-state index in [2.05, 4.69) is 25.4 Å². The minimum Gasteiger partial charge on any atom is -0.342 e. The Balaban J connectivity index is 1.44. The summed E-state index contributed by atoms with van der Waals surface area (Å²) in [6.07, 6.45) is 7.01. The number of aromatic nitrogens is 5. The third-order valence-corrected chi connectivity index (χ3v) is 5.00. The third kappa shape index (κ3) is 2.44. The number of aromatic amines is 1. The van der Waals surface area contributed by atoms with Crippen LogP contribution in [-0.2, 0) is 0 Å². The highest BCUT2D eigenvalue weighted by Gasteiger charge is 2.22. The van der Waals surface area contributed by atoms with Gasteiger partial charge >= 0.3 is 0 Å². The number of benzene rings is 1. The van der Waals surface area contributed by atoms with E-state index in [-0.39, 0.29) is 5.91 Å². The molecule has 0 bridgehead atoms. The molecule has 0 unspecified atom stereocenters. The monoisotopic (exact) mass is 346 g/mol. The Morgan fingerprint density at radius 3 is 2.96 bits per heavy atom. The molecule has 130 valence electrons. The minimum atomic E-state index is -0.226. The Morgan fingerprint density at radius 2 is 2.15 bits per heavy atom. The first-order valence-corrected chi connectivity index (χ1v) is 8.79. The van der Waals surface area contributed by atoms with Gasteiger partial charge in [-0.2, -0.15) is 5.10 Å². The summed E-state index contributed by atoms with van der Waals surface area (Å²) in [6, 6.07) is 7.58. The molecule has 0 radical (unpaired) electrons. The van der Waals surface area contributed by atoms with Crippen molar-refractivity contribution in [2.24, 2.45) is 0 Å². The minimum absolute atomic E-state index is 0.226. The van der Waals surface area contributed by atoms with Crippen LogP contribution in [-0.4, -0.2) is 30.5 Å². The summed E-state index contributed by atoms with van der Waals surface area (Å²) in [6.45, 7) is 1.89. The molecule has 5 rings (SSSR count). The Kier molecular flexibility index (Phi) is 3.28. The van der Waals surface area contributed by atoms with Gasteiger partial charge in [-0.05, 0) is 44.0 Å². The normalized spacial score (nSPS) is 14.7. The largest absolute Gasteiger partial charge is 0.342 e. The van der Waals surface area contributed by atoms with Crippen LogP contribution >= 0.6 is 0 Å². The van der Waals surface area contributed by atoms with Crippen molar-refractivity contribution in [3.63, 3.8) is 0 Å². The topological polar surface area (TPSA) is 88.0 Å². The molecule has 3 heterocycles. The summed E-state index contributed by atoms with van der Waals surface area (Å²) in [5, 5.41) is 7.12. The highest BCUT2D eigenvalue weighted by molar-refractivity contribution is 6.08. The highest BCUT2D eigenvalue weighted by atomic mass is 16.1. The standard InChI is InChI=1S/C19H18N6O/c1-11-7-8-25-18(21-11)14(10-20-25)19(26)22-13-5-6-15-16(9-13)24-17(23-15)12-3-2-4-12/h5-10,12H,2-4H2,1H3,(H,22,26)(H,23,24). The number of nitrogens with one attached hydrogen (secondary N) is 2. The molecule has 7 heteroatoms. The number of hydrogen-bond donors (Lipinski definition) is 2. The Labute approximate surface area is 149 Å². The quantitative estimate of drug-likeness (QED) is 0.595. The molecule has 1 saturated carbocycles. The predicted octanol–water partition coefficient (Wildman–Crippen LogP) is 3.43. The van der Waals surface area contributed by atoms with Crippen LogP contribution in [0.1, 0.15) is 47.1 Å². The van der Waals surface area contributed by atoms with Crippen LogP contribution in [0.25, 0.3) is 16.7 Å². The molecule has 2 N–H and O–H groups in total. The van der Waals surface area contributed by atoms with Gasteiger partial charge in [0.05, 0.1) is 17.2 Å². The zero-order valence-electron chi connectivity index (χ0n) is 14.4. The molecule has 0 spiro atoms. The number of nitrogens with zero attached hydrogens (tertiary/aromatic N) is 4. The number of hydrogen-bond acceptors (Lipinski definition) is 4. The number of imidazole rings is 1. The first-order valence-electron chi connectivity index (χ1n) is 8.79. The molecule has 0 aliphatic heterocycles. The van der Waals surface area contributed by atoms with Crippen molar-refractivity contribution in [2.75, 3.05) is 5.32 Å². The van der Waals surface area contributed by atoms with Crippen molar-refractivity contribution < 1.29 is 4.79 Å². The van der Waals surface area contributed by atoms with Gasteiger partial charge in [-0.3, -0.25) is 4.79 Å². The molecule has 1 amide bonds. The van der Waals surface area contributed by atoms with Gasteiger partial charge in [0.2, 0.25) is 0 Å². The molecule has 26 heavy (non-hydrogen) atoms. The predicted molar refractivity (Wildman–Crippen MR) is 98.4 cm³/mol. The van der Waals surface area contributed by atoms with E-state index in [1.165, 1.54) is 19.3 Å². The summed E-state index contributed by atoms with van der Waals surface area (Å²) in [7, 11) is 0. The molecular weight excluding hydrogens is 328 g/mol. The Morgan fingerprint density at radius 1 is 1.27 bits per heavy atom. The van der Waals surface area contributed by atoms with E-state index < -0.39 is 0 Å². The second-order valence-electron chi connectivity index (χ2n) is 6.83. The molecule has 3 aromatic heterocycles. The van der Waals surface area contributed by atoms with E-state index in [0.717, 1.165) is 28.2 Å². The first kappa shape index (κ1) is 15.1. The smallest absolute Gasteiger partial charge is 0.261 e. The summed E-state index contributed by atoms with van der Waals surface area (Å²) < 4.78 is 1.60. The van der Waals surface area contributed by atoms with Crippen molar-refractivity contribution >= 4 is 28.3 Å². The zero-order chi connectivity index (χ0) is 17.7. The van der Waals surface area contributed by atoms with Crippen molar-refractivity contribution in [3.05, 3.63) is 53.7 Å². The van der Waals surface area contributed by atoms with Crippen LogP contribution in [0.5, 0.6) is 0 Å². The average Bonchev–Trinajstić information content (AvgIpc) is 3.16. The van der Waals surface area contributed by atoms with Crippen molar-refractivity contribution in [1.82, 2.24) is 24.6 Å². The molecule has 1 aliphatic rings. The van der Waals surface area contributed by atoms with Gasteiger partial charge in [-0.1, -0.05) is 6.42 Å². The molecule has 0 saturated heterocycles. The second-order valence-corrected chi connectivity index (χ2v) is 6.83. The molecular formula is C19H18N6O. The molecule has 4 aromatic rings. The van der Waals surface area contributed by atoms with Gasteiger partial charge in [0.1, 0.15) is 11.4 Å². The maximum atomic E-state index is 12.7. The summed E-state index contributed by atoms with van der Waals surface area (Å²) in [4.78, 5) is 25.1. The number of carbonyl (C=O) groups excluding carboxylic acids is 1. The van der Waals surface area contributed by atoms with E-state index in [4.69, 9.17) is 0 Å². The SMILES string of the molecule is Cc1ccn2ncc(C(=O)Nc3ccc4nc(C5CCC5)[nH]c4c3)c2n1. The van der Waals surface area contributed by atoms with E-state index in [1.54, 1.807) is 16.9 Å². The summed E-state index contributed by atoms with van der Waals surface area (Å²) in [5.74, 6) is 1.38. The number of aryl methyl sites for hydroxylation is 1. The van der Waals surface area contributed by atoms with Crippen LogP contribution < -0.4 is 5.32 Å². The van der Waals surface area contributed by atoms with Crippen LogP contribution in [0.2, 0.25) is 0 Å². The van der Waals surface area contributed by atoms with Gasteiger partial charge in [0, 0.05) is 23.5 Å². The highest BCUT2D eigenvalue weighted by Crippen LogP contribution is 2.35. The molecule has 1 fully saturated rings. The van der Waals surface area contributed by atoms with Gasteiger partial charge in [0.15, 0.2) is 5.65 Å². The summed E-state index contributed by atoms with van der Waals surface area (Å²) in [5.41, 5.74) is 4.44. The van der Waals surface area contributed by atoms with Gasteiger partial charge < -0.3 is 10.3 Å². The Hall–Kier alpha value is -3.22. The van der Waals surface area contributed by atoms with Gasteiger partial charge in [-0.25, -0.2) is 14.5 Å². The van der Waals surface area contributed by atoms with Gasteiger partial charge in [-0.15, -0.1) is 0 Å². The molecule has 1 aromatic carbocycles. The first-order chi connectivity index (χ1) is 12.7. The molecule has 1 aliphatic carbocycles. The number of H-pyrrole nitrogens is 1. The molecule has 7 nitrogen and oxygen atoms in total. The van der Waals surface area contributed by atoms with Crippen LogP contribution in [0, 0.1) is 6.92 Å². The number of fused-ring (bicyclic) bond motifs is 2. The fourth-order valence-corrected chi connectivity index (χ4v) is 3.30. The summed E-state index contributed by atoms with van der Waals surface area (Å²) >= 11 is 0. The lowest BCUT2D eigenvalue weighted by molar-refractivity contribution is 0.102. The maximum Gasteiger partial charge on any atom is 0.261 e. The van der Waals surface area contributed by atoms with E-state index >= 15 is 0 Å². The fraction of sp³-hybridized carbons (Fsp3) is 0.263. The number of anilines is 1. The maximum absolute atomic E-state index is 12.7. The lowest BCUT2D eigenvalue weighted by Crippen LogP contribution is -2.12. The van der Waals surface area contributed by atoms with Crippen molar-refractivity contribution in [1.29, 1.82) is 0 Å². The Bertz CT molecular complexity index is 1140. The fourth-order valence-electron chi connectivity index (χ4n) is 3.30. The average molecular weight is 346 g/mol. The van der Waals surface area contributed by atoms with E-state index in [0.29, 0.717) is 17.1 Å². The third-order valence-electron chi connectivity index (χ3n) is 5.00. The second kappa shape index (κ2) is 5.66. The number of carbonyl (C=O) groups is 1. The number of rotatable bonds is 3. The zero-order valence-corrected chi connectivity index (χ0v) is 14.4. The lowest BCUT2D eigenvalue weighted by atomic mass is 9.85. The van der Waals surface area contributed by atoms with Crippen LogP contribution in [0.15, 0.2) is 36.7 Å². The molecule has 0 atom stereocenters.